The summed E-state index contributed by atoms with van der Waals surface area (Å²) >= 11 is 6.34. The molecule has 7 rings (SSSR count). The van der Waals surface area contributed by atoms with E-state index >= 15 is 0 Å². The van der Waals surface area contributed by atoms with E-state index in [-0.39, 0.29) is 33.1 Å². The first-order valence-corrected chi connectivity index (χ1v) is 14.3. The fourth-order valence-electron chi connectivity index (χ4n) is 5.94. The van der Waals surface area contributed by atoms with E-state index in [2.05, 4.69) is 19.1 Å². The van der Waals surface area contributed by atoms with E-state index in [4.69, 9.17) is 25.9 Å². The van der Waals surface area contributed by atoms with Crippen molar-refractivity contribution in [2.24, 2.45) is 0 Å². The molecule has 0 fully saturated rings. The number of rotatable bonds is 3. The average molecular weight is 617 g/mol. The van der Waals surface area contributed by atoms with Crippen LogP contribution in [0.3, 0.4) is 0 Å². The normalized spacial score (nSPS) is 11.1. The molecule has 7 nitrogen and oxygen atoms in total. The molecule has 0 spiro atoms. The Kier molecular flexibility index (Phi) is 7.48. The molecule has 0 unspecified atom stereocenters. The number of benzene rings is 6. The van der Waals surface area contributed by atoms with Crippen LogP contribution in [0.2, 0.25) is 5.02 Å². The lowest BCUT2D eigenvalue weighted by Gasteiger charge is -2.19. The molecule has 5 aromatic rings. The lowest BCUT2D eigenvalue weighted by molar-refractivity contribution is -0.134. The highest BCUT2D eigenvalue weighted by atomic mass is 35.5. The minimum Gasteiger partial charge on any atom is -0.506 e. The van der Waals surface area contributed by atoms with E-state index in [0.717, 1.165) is 39.6 Å². The van der Waals surface area contributed by atoms with E-state index in [1.54, 1.807) is 30.3 Å². The number of carbonyl (C=O) groups is 2. The maximum absolute atomic E-state index is 13.9. The number of carboxylic acids is 2. The topological polar surface area (TPSA) is 125 Å². The van der Waals surface area contributed by atoms with Crippen molar-refractivity contribution in [2.45, 2.75) is 13.8 Å². The number of aromatic hydroxyl groups is 1. The van der Waals surface area contributed by atoms with Crippen molar-refractivity contribution in [3.63, 3.8) is 0 Å². The summed E-state index contributed by atoms with van der Waals surface area (Å²) in [6.07, 6.45) is 0. The molecule has 8 heteroatoms. The summed E-state index contributed by atoms with van der Waals surface area (Å²) in [6, 6.07) is 28.9. The average Bonchev–Trinajstić information content (AvgIpc) is 3.01. The van der Waals surface area contributed by atoms with E-state index in [1.165, 1.54) is 18.2 Å². The largest absolute Gasteiger partial charge is 0.506 e. The third-order valence-corrected chi connectivity index (χ3v) is 8.09. The van der Waals surface area contributed by atoms with Gasteiger partial charge in [-0.25, -0.2) is 4.79 Å². The molecule has 45 heavy (non-hydrogen) atoms. The molecule has 0 amide bonds. The maximum Gasteiger partial charge on any atom is 0.336 e. The summed E-state index contributed by atoms with van der Waals surface area (Å²) in [6.45, 7) is 3.16. The van der Waals surface area contributed by atoms with Crippen LogP contribution in [0.5, 0.6) is 5.75 Å². The number of hydrogen-bond donors (Lipinski definition) is 3. The highest BCUT2D eigenvalue weighted by Gasteiger charge is 2.25. The van der Waals surface area contributed by atoms with E-state index in [1.807, 2.05) is 36.4 Å². The van der Waals surface area contributed by atoms with Gasteiger partial charge in [-0.1, -0.05) is 78.3 Å². The summed E-state index contributed by atoms with van der Waals surface area (Å²) in [5, 5.41) is 32.4. The molecule has 0 saturated heterocycles. The second-order valence-electron chi connectivity index (χ2n) is 10.6. The van der Waals surface area contributed by atoms with Crippen LogP contribution >= 0.6 is 11.6 Å². The van der Waals surface area contributed by atoms with Crippen LogP contribution in [0.1, 0.15) is 22.8 Å². The minimum absolute atomic E-state index is 0.0875. The molecule has 5 aromatic carbocycles. The molecular formula is C37H25ClO7. The van der Waals surface area contributed by atoms with Gasteiger partial charge in [0.05, 0.1) is 10.6 Å². The predicted octanol–water partition coefficient (Wildman–Crippen LogP) is 8.99. The fourth-order valence-corrected chi connectivity index (χ4v) is 6.10. The van der Waals surface area contributed by atoms with Crippen LogP contribution in [-0.2, 0) is 4.79 Å². The van der Waals surface area contributed by atoms with Gasteiger partial charge in [-0.15, -0.1) is 0 Å². The summed E-state index contributed by atoms with van der Waals surface area (Å²) in [4.78, 5) is 35.2. The molecular weight excluding hydrogens is 592 g/mol. The first-order valence-electron chi connectivity index (χ1n) is 13.9. The molecule has 222 valence electrons. The van der Waals surface area contributed by atoms with Crippen LogP contribution in [0.15, 0.2) is 106 Å². The van der Waals surface area contributed by atoms with Gasteiger partial charge in [-0.05, 0) is 57.8 Å². The smallest absolute Gasteiger partial charge is 0.336 e. The van der Waals surface area contributed by atoms with Crippen LogP contribution in [0.4, 0.5) is 0 Å². The van der Waals surface area contributed by atoms with E-state index < -0.39 is 11.9 Å². The Hall–Kier alpha value is -5.66. The lowest BCUT2D eigenvalue weighted by atomic mass is 9.85. The number of aliphatic carboxylic acids is 1. The highest BCUT2D eigenvalue weighted by molar-refractivity contribution is 6.33. The highest BCUT2D eigenvalue weighted by Crippen LogP contribution is 2.46. The van der Waals surface area contributed by atoms with Crippen molar-refractivity contribution in [1.82, 2.24) is 0 Å². The van der Waals surface area contributed by atoms with Crippen molar-refractivity contribution >= 4 is 56.1 Å². The standard InChI is InChI=1S/C35H21ClO5.C2H4O2/c1-18-19-8-2-4-10-21(19)33(22-11-5-3-9-20(18)22)25-14-26-31(16-29(25)37)41-32-17-30(38)28(36)15-27(32)34(26)23-12-6-7-13-24(23)35(39)40;1-2(3)4/h2-17,38H,1H3,(H,39,40);1H3,(H,3,4). The Bertz CT molecular complexity index is 2290. The van der Waals surface area contributed by atoms with Crippen LogP contribution in [-0.4, -0.2) is 27.3 Å². The quantitative estimate of drug-likeness (QED) is 0.169. The Labute approximate surface area is 261 Å². The molecule has 1 aliphatic carbocycles. The molecule has 0 radical (unpaired) electrons. The summed E-state index contributed by atoms with van der Waals surface area (Å²) in [7, 11) is 0. The van der Waals surface area contributed by atoms with Crippen molar-refractivity contribution in [2.75, 3.05) is 0 Å². The minimum atomic E-state index is -1.09. The van der Waals surface area contributed by atoms with Gasteiger partial charge in [0, 0.05) is 46.7 Å². The van der Waals surface area contributed by atoms with Gasteiger partial charge in [0.2, 0.25) is 0 Å². The van der Waals surface area contributed by atoms with Crippen LogP contribution in [0.25, 0.3) is 66.1 Å². The second kappa shape index (κ2) is 11.4. The monoisotopic (exact) mass is 616 g/mol. The molecule has 1 aliphatic heterocycles. The first kappa shape index (κ1) is 29.4. The lowest BCUT2D eigenvalue weighted by Crippen LogP contribution is -2.08. The van der Waals surface area contributed by atoms with Crippen molar-refractivity contribution in [3.05, 3.63) is 123 Å². The number of phenols is 1. The maximum atomic E-state index is 13.9. The molecule has 0 saturated carbocycles. The Morgan fingerprint density at radius 1 is 0.689 bits per heavy atom. The van der Waals surface area contributed by atoms with Gasteiger partial charge in [0.15, 0.2) is 5.43 Å². The van der Waals surface area contributed by atoms with Gasteiger partial charge in [-0.3, -0.25) is 9.59 Å². The number of phenolic OH excluding ortho intramolecular Hbond substituents is 1. The molecule has 1 heterocycles. The summed E-state index contributed by atoms with van der Waals surface area (Å²) < 4.78 is 6.14. The predicted molar refractivity (Wildman–Crippen MR) is 177 cm³/mol. The van der Waals surface area contributed by atoms with E-state index in [0.29, 0.717) is 27.6 Å². The number of halogens is 1. The van der Waals surface area contributed by atoms with Crippen LogP contribution < -0.4 is 5.43 Å². The fraction of sp³-hybridized carbons (Fsp3) is 0.0541. The summed E-state index contributed by atoms with van der Waals surface area (Å²) in [5.74, 6) is -1.84. The third-order valence-electron chi connectivity index (χ3n) is 7.79. The second-order valence-corrected chi connectivity index (χ2v) is 11.0. The van der Waals surface area contributed by atoms with Gasteiger partial charge in [0.25, 0.3) is 5.97 Å². The molecule has 0 atom stereocenters. The number of aryl methyl sites for hydroxylation is 1. The molecule has 3 N–H and O–H groups in total. The zero-order chi connectivity index (χ0) is 32.0. The first-order chi connectivity index (χ1) is 21.6. The van der Waals surface area contributed by atoms with Crippen LogP contribution in [0, 0.1) is 6.92 Å². The van der Waals surface area contributed by atoms with Gasteiger partial charge < -0.3 is 19.7 Å². The number of fused-ring (bicyclic) bond motifs is 4. The molecule has 0 bridgehead atoms. The Balaban J connectivity index is 0.000000845. The Morgan fingerprint density at radius 3 is 1.84 bits per heavy atom. The third kappa shape index (κ3) is 5.13. The zero-order valence-corrected chi connectivity index (χ0v) is 24.8. The van der Waals surface area contributed by atoms with Gasteiger partial charge in [0.1, 0.15) is 17.1 Å². The molecule has 2 aliphatic rings. The number of carboxylic acid groups (broad SMARTS) is 2. The molecule has 0 aromatic heterocycles. The van der Waals surface area contributed by atoms with Crippen molar-refractivity contribution < 1.29 is 29.3 Å². The van der Waals surface area contributed by atoms with Crippen molar-refractivity contribution in [3.8, 4) is 39.3 Å². The zero-order valence-electron chi connectivity index (χ0n) is 24.1. The Morgan fingerprint density at radius 2 is 1.24 bits per heavy atom. The van der Waals surface area contributed by atoms with Crippen molar-refractivity contribution in [1.29, 1.82) is 0 Å². The van der Waals surface area contributed by atoms with E-state index in [9.17, 15) is 19.8 Å². The number of aromatic carboxylic acids is 1. The SMILES string of the molecule is CC(=O)O.Cc1c2ccccc2c(-c2cc3c(-c4ccccc4C(=O)O)c4cc(Cl)c(O)cc4oc-3cc2=O)c2ccccc12. The van der Waals surface area contributed by atoms with Gasteiger partial charge >= 0.3 is 5.97 Å². The number of hydrogen-bond acceptors (Lipinski definition) is 5. The summed E-state index contributed by atoms with van der Waals surface area (Å²) in [5.41, 5.74) is 4.05. The van der Waals surface area contributed by atoms with Gasteiger partial charge in [-0.2, -0.15) is 0 Å².